The van der Waals surface area contributed by atoms with Gasteiger partial charge >= 0.3 is 10.4 Å². The van der Waals surface area contributed by atoms with Crippen LogP contribution in [0, 0.1) is 0 Å². The third-order valence-corrected chi connectivity index (χ3v) is 3.90. The lowest BCUT2D eigenvalue weighted by atomic mass is 10.1. The maximum atomic E-state index is 10.2. The largest absolute Gasteiger partial charge is 0.397 e. The van der Waals surface area contributed by atoms with Crippen molar-refractivity contribution >= 4 is 10.4 Å². The van der Waals surface area contributed by atoms with Gasteiger partial charge in [-0.1, -0.05) is 64.7 Å². The average molecular weight is 433 g/mol. The fourth-order valence-electron chi connectivity index (χ4n) is 2.04. The van der Waals surface area contributed by atoms with E-state index >= 15 is 0 Å². The van der Waals surface area contributed by atoms with Crippen LogP contribution in [0.3, 0.4) is 0 Å². The molecule has 0 rings (SSSR count). The van der Waals surface area contributed by atoms with Gasteiger partial charge in [-0.25, -0.2) is 4.18 Å². The van der Waals surface area contributed by atoms with E-state index in [1.165, 1.54) is 44.9 Å². The summed E-state index contributed by atoms with van der Waals surface area (Å²) in [4.78, 5) is 0. The minimum Gasteiger partial charge on any atom is -0.395 e. The van der Waals surface area contributed by atoms with Gasteiger partial charge in [-0.3, -0.25) is 4.55 Å². The van der Waals surface area contributed by atoms with E-state index in [2.05, 4.69) is 16.4 Å². The Morgan fingerprint density at radius 2 is 1.18 bits per heavy atom. The van der Waals surface area contributed by atoms with Gasteiger partial charge < -0.3 is 26.4 Å². The molecule has 0 aliphatic rings. The molecule has 0 saturated heterocycles. The molecule has 0 atom stereocenters. The van der Waals surface area contributed by atoms with Crippen molar-refractivity contribution in [3.63, 3.8) is 0 Å². The van der Waals surface area contributed by atoms with E-state index in [-0.39, 0.29) is 26.4 Å². The molecular formula is C18H44N2O7S. The molecule has 0 aliphatic heterocycles. The van der Waals surface area contributed by atoms with Gasteiger partial charge in [0.05, 0.1) is 26.4 Å². The summed E-state index contributed by atoms with van der Waals surface area (Å²) in [6.07, 6.45) is 11.9. The van der Waals surface area contributed by atoms with E-state index in [0.29, 0.717) is 26.1 Å². The van der Waals surface area contributed by atoms with Crippen LogP contribution < -0.4 is 11.1 Å². The molecule has 174 valence electrons. The minimum absolute atomic E-state index is 0.0926. The summed E-state index contributed by atoms with van der Waals surface area (Å²) in [5.41, 5.74) is 4.78. The Balaban J connectivity index is -0.000000466. The Kier molecular flexibility index (Phi) is 33.3. The summed E-state index contributed by atoms with van der Waals surface area (Å²) < 4.78 is 33.0. The number of nitrogens with one attached hydrogen (secondary N) is 1. The summed E-state index contributed by atoms with van der Waals surface area (Å²) in [5.74, 6) is 0. The second-order valence-electron chi connectivity index (χ2n) is 6.14. The first kappa shape index (κ1) is 32.3. The molecule has 0 saturated carbocycles. The second kappa shape index (κ2) is 28.9. The summed E-state index contributed by atoms with van der Waals surface area (Å²) in [6.45, 7) is 4.20. The number of aliphatic hydroxyl groups is 3. The molecule has 9 nitrogen and oxygen atoms in total. The van der Waals surface area contributed by atoms with E-state index in [4.69, 9.17) is 25.6 Å². The molecule has 0 fully saturated rings. The molecule has 0 unspecified atom stereocenters. The second-order valence-corrected chi connectivity index (χ2v) is 7.23. The van der Waals surface area contributed by atoms with Gasteiger partial charge in [-0.2, -0.15) is 8.42 Å². The molecule has 0 aliphatic carbocycles. The molecule has 0 radical (unpaired) electrons. The normalized spacial score (nSPS) is 10.6. The topological polar surface area (TPSA) is 162 Å². The molecule has 28 heavy (non-hydrogen) atoms. The maximum Gasteiger partial charge on any atom is 0.397 e. The van der Waals surface area contributed by atoms with Crippen molar-refractivity contribution in [1.29, 1.82) is 0 Å². The van der Waals surface area contributed by atoms with Crippen LogP contribution in [0.25, 0.3) is 0 Å². The van der Waals surface area contributed by atoms with Gasteiger partial charge in [0.25, 0.3) is 0 Å². The first-order valence-corrected chi connectivity index (χ1v) is 11.6. The first-order chi connectivity index (χ1) is 13.4. The van der Waals surface area contributed by atoms with Gasteiger partial charge in [0, 0.05) is 19.6 Å². The third-order valence-electron chi connectivity index (χ3n) is 3.44. The molecule has 10 heteroatoms. The van der Waals surface area contributed by atoms with E-state index in [9.17, 15) is 8.42 Å². The molecule has 0 amide bonds. The lowest BCUT2D eigenvalue weighted by molar-refractivity contribution is 0.261. The quantitative estimate of drug-likeness (QED) is 0.146. The lowest BCUT2D eigenvalue weighted by Gasteiger charge is -2.02. The standard InChI is InChI=1S/C12H26O4S.C4H11NO2.C2H7NO/c1-2-3-4-5-6-7-8-9-10-11-12-16-17(13,14)15;6-3-1-5-2-4-7;3-1-2-4/h2-12H2,1H3,(H,13,14,15);5-7H,1-4H2;4H,1-3H2. The van der Waals surface area contributed by atoms with E-state index < -0.39 is 10.4 Å². The van der Waals surface area contributed by atoms with Crippen molar-refractivity contribution in [2.24, 2.45) is 5.73 Å². The molecule has 0 heterocycles. The summed E-state index contributed by atoms with van der Waals surface area (Å²) >= 11 is 0. The molecule has 0 aromatic rings. The number of nitrogens with two attached hydrogens (primary N) is 1. The fourth-order valence-corrected chi connectivity index (χ4v) is 2.37. The molecule has 0 aromatic heterocycles. The zero-order valence-corrected chi connectivity index (χ0v) is 18.3. The van der Waals surface area contributed by atoms with Gasteiger partial charge in [0.1, 0.15) is 0 Å². The third kappa shape index (κ3) is 44.8. The predicted molar refractivity (Wildman–Crippen MR) is 113 cm³/mol. The number of hydrogen-bond acceptors (Lipinski definition) is 8. The minimum atomic E-state index is -4.23. The van der Waals surface area contributed by atoms with Gasteiger partial charge in [-0.05, 0) is 6.42 Å². The van der Waals surface area contributed by atoms with Crippen LogP contribution in [0.1, 0.15) is 71.1 Å². The Morgan fingerprint density at radius 1 is 0.786 bits per heavy atom. The van der Waals surface area contributed by atoms with E-state index in [1.807, 2.05) is 0 Å². The number of aliphatic hydroxyl groups excluding tert-OH is 3. The van der Waals surface area contributed by atoms with Crippen LogP contribution in [-0.4, -0.2) is 74.4 Å². The Hall–Kier alpha value is -0.330. The van der Waals surface area contributed by atoms with Crippen LogP contribution in [-0.2, 0) is 14.6 Å². The molecular weight excluding hydrogens is 388 g/mol. The van der Waals surface area contributed by atoms with Crippen LogP contribution in [0.2, 0.25) is 0 Å². The van der Waals surface area contributed by atoms with Crippen molar-refractivity contribution in [2.75, 3.05) is 46.1 Å². The van der Waals surface area contributed by atoms with Crippen molar-refractivity contribution in [3.8, 4) is 0 Å². The number of hydrogen-bond donors (Lipinski definition) is 6. The smallest absolute Gasteiger partial charge is 0.395 e. The van der Waals surface area contributed by atoms with Crippen molar-refractivity contribution in [1.82, 2.24) is 5.32 Å². The Morgan fingerprint density at radius 3 is 1.50 bits per heavy atom. The highest BCUT2D eigenvalue weighted by Gasteiger charge is 2.02. The fraction of sp³-hybridized carbons (Fsp3) is 1.00. The van der Waals surface area contributed by atoms with Crippen LogP contribution in [0.15, 0.2) is 0 Å². The zero-order valence-electron chi connectivity index (χ0n) is 17.5. The van der Waals surface area contributed by atoms with Gasteiger partial charge in [0.15, 0.2) is 0 Å². The van der Waals surface area contributed by atoms with E-state index in [0.717, 1.165) is 12.8 Å². The van der Waals surface area contributed by atoms with Crippen molar-refractivity contribution < 1.29 is 32.5 Å². The zero-order chi connectivity index (χ0) is 21.9. The maximum absolute atomic E-state index is 10.2. The van der Waals surface area contributed by atoms with Crippen LogP contribution >= 0.6 is 0 Å². The summed E-state index contributed by atoms with van der Waals surface area (Å²) in [6, 6.07) is 0. The predicted octanol–water partition coefficient (Wildman–Crippen LogP) is 1.22. The molecule has 0 spiro atoms. The van der Waals surface area contributed by atoms with Crippen molar-refractivity contribution in [2.45, 2.75) is 71.1 Å². The average Bonchev–Trinajstić information content (AvgIpc) is 2.66. The van der Waals surface area contributed by atoms with Gasteiger partial charge in [-0.15, -0.1) is 0 Å². The van der Waals surface area contributed by atoms with Gasteiger partial charge in [0.2, 0.25) is 0 Å². The lowest BCUT2D eigenvalue weighted by Crippen LogP contribution is -2.21. The SMILES string of the molecule is CCCCCCCCCCCCOS(=O)(=O)O.NCCO.OCCNCCO. The Labute approximate surface area is 171 Å². The van der Waals surface area contributed by atoms with Crippen molar-refractivity contribution in [3.05, 3.63) is 0 Å². The number of rotatable bonds is 17. The summed E-state index contributed by atoms with van der Waals surface area (Å²) in [7, 11) is -4.23. The monoisotopic (exact) mass is 432 g/mol. The van der Waals surface area contributed by atoms with Crippen LogP contribution in [0.5, 0.6) is 0 Å². The molecule has 7 N–H and O–H groups in total. The number of unbranched alkanes of at least 4 members (excludes halogenated alkanes) is 9. The van der Waals surface area contributed by atoms with E-state index in [1.54, 1.807) is 0 Å². The highest BCUT2D eigenvalue weighted by Crippen LogP contribution is 2.10. The molecule has 0 bridgehead atoms. The Bertz CT molecular complexity index is 352. The van der Waals surface area contributed by atoms with Crippen LogP contribution in [0.4, 0.5) is 0 Å². The highest BCUT2D eigenvalue weighted by atomic mass is 32.3. The molecule has 0 aromatic carbocycles. The summed E-state index contributed by atoms with van der Waals surface area (Å²) in [5, 5.41) is 26.8. The highest BCUT2D eigenvalue weighted by molar-refractivity contribution is 7.80. The first-order valence-electron chi connectivity index (χ1n) is 10.2.